The van der Waals surface area contributed by atoms with Crippen molar-refractivity contribution in [2.24, 2.45) is 0 Å². The highest BCUT2D eigenvalue weighted by atomic mass is 16.1. The maximum atomic E-state index is 12.1. The third-order valence-electron chi connectivity index (χ3n) is 4.25. The van der Waals surface area contributed by atoms with E-state index in [1.807, 2.05) is 45.4 Å². The van der Waals surface area contributed by atoms with Crippen molar-refractivity contribution < 1.29 is 4.79 Å². The van der Waals surface area contributed by atoms with Gasteiger partial charge in [-0.3, -0.25) is 4.79 Å². The van der Waals surface area contributed by atoms with Gasteiger partial charge in [0.1, 0.15) is 5.82 Å². The zero-order valence-electron chi connectivity index (χ0n) is 14.5. The largest absolute Gasteiger partial charge is 0.334 e. The fourth-order valence-corrected chi connectivity index (χ4v) is 2.42. The molecule has 23 heavy (non-hydrogen) atoms. The van der Waals surface area contributed by atoms with Crippen molar-refractivity contribution >= 4 is 11.6 Å². The van der Waals surface area contributed by atoms with Crippen LogP contribution in [0.5, 0.6) is 0 Å². The summed E-state index contributed by atoms with van der Waals surface area (Å²) >= 11 is 0. The molecule has 5 heteroatoms. The van der Waals surface area contributed by atoms with Crippen molar-refractivity contribution in [3.63, 3.8) is 0 Å². The van der Waals surface area contributed by atoms with Gasteiger partial charge >= 0.3 is 0 Å². The van der Waals surface area contributed by atoms with E-state index in [0.717, 1.165) is 36.7 Å². The molecule has 0 bridgehead atoms. The molecule has 0 saturated carbocycles. The number of hydrogen-bond acceptors (Lipinski definition) is 3. The molecule has 1 N–H and O–H groups in total. The summed E-state index contributed by atoms with van der Waals surface area (Å²) in [6.07, 6.45) is 4.29. The number of carbonyl (C=O) groups is 1. The monoisotopic (exact) mass is 314 g/mol. The highest BCUT2D eigenvalue weighted by molar-refractivity contribution is 5.91. The Labute approximate surface area is 138 Å². The van der Waals surface area contributed by atoms with E-state index in [4.69, 9.17) is 0 Å². The molecular weight excluding hydrogens is 288 g/mol. The smallest absolute Gasteiger partial charge is 0.225 e. The third kappa shape index (κ3) is 4.93. The van der Waals surface area contributed by atoms with Crippen LogP contribution in [-0.4, -0.2) is 40.5 Å². The van der Waals surface area contributed by atoms with Gasteiger partial charge in [-0.25, -0.2) is 4.98 Å². The number of likely N-dealkylation sites (N-methyl/N-ethyl adjacent to an activating group) is 1. The Morgan fingerprint density at radius 1 is 1.26 bits per heavy atom. The molecule has 1 aromatic carbocycles. The zero-order valence-corrected chi connectivity index (χ0v) is 14.5. The van der Waals surface area contributed by atoms with Crippen LogP contribution in [0.3, 0.4) is 0 Å². The number of hydrogen-bond donors (Lipinski definition) is 1. The van der Waals surface area contributed by atoms with E-state index in [1.165, 1.54) is 5.56 Å². The molecule has 0 radical (unpaired) electrons. The Bertz CT molecular complexity index is 663. The minimum absolute atomic E-state index is 0.0596. The third-order valence-corrected chi connectivity index (χ3v) is 4.25. The summed E-state index contributed by atoms with van der Waals surface area (Å²) in [5.74, 6) is 1.08. The molecule has 0 fully saturated rings. The molecular formula is C18H26N4O. The van der Waals surface area contributed by atoms with E-state index in [0.29, 0.717) is 6.42 Å². The number of aryl methyl sites for hydroxylation is 2. The minimum Gasteiger partial charge on any atom is -0.334 e. The van der Waals surface area contributed by atoms with Gasteiger partial charge in [0.2, 0.25) is 5.91 Å². The number of rotatable bonds is 7. The maximum Gasteiger partial charge on any atom is 0.225 e. The lowest BCUT2D eigenvalue weighted by atomic mass is 10.1. The Morgan fingerprint density at radius 3 is 2.74 bits per heavy atom. The van der Waals surface area contributed by atoms with Crippen molar-refractivity contribution in [2.45, 2.75) is 33.7 Å². The average molecular weight is 314 g/mol. The molecule has 1 heterocycles. The Balaban J connectivity index is 1.75. The molecule has 0 unspecified atom stereocenters. The van der Waals surface area contributed by atoms with Gasteiger partial charge < -0.3 is 14.8 Å². The summed E-state index contributed by atoms with van der Waals surface area (Å²) in [4.78, 5) is 18.5. The van der Waals surface area contributed by atoms with Crippen molar-refractivity contribution in [2.75, 3.05) is 25.5 Å². The first kappa shape index (κ1) is 17.2. The SMILES string of the molecule is Cc1cccc(NC(=O)CCN(C)CCn2ccnc2C)c1C. The van der Waals surface area contributed by atoms with Crippen LogP contribution in [0.2, 0.25) is 0 Å². The first-order chi connectivity index (χ1) is 11.0. The van der Waals surface area contributed by atoms with Crippen LogP contribution in [0, 0.1) is 20.8 Å². The number of anilines is 1. The fourth-order valence-electron chi connectivity index (χ4n) is 2.42. The lowest BCUT2D eigenvalue weighted by Crippen LogP contribution is -2.27. The second kappa shape index (κ2) is 7.92. The van der Waals surface area contributed by atoms with Crippen molar-refractivity contribution in [3.8, 4) is 0 Å². The van der Waals surface area contributed by atoms with Crippen molar-refractivity contribution in [1.29, 1.82) is 0 Å². The first-order valence-electron chi connectivity index (χ1n) is 7.99. The molecule has 0 aliphatic rings. The van der Waals surface area contributed by atoms with Gasteiger partial charge in [0.15, 0.2) is 0 Å². The van der Waals surface area contributed by atoms with Gasteiger partial charge in [-0.05, 0) is 45.0 Å². The molecule has 0 atom stereocenters. The normalized spacial score (nSPS) is 11.0. The molecule has 1 amide bonds. The Kier molecular flexibility index (Phi) is 5.93. The van der Waals surface area contributed by atoms with Crippen LogP contribution in [0.1, 0.15) is 23.4 Å². The summed E-state index contributed by atoms with van der Waals surface area (Å²) in [7, 11) is 2.04. The first-order valence-corrected chi connectivity index (χ1v) is 7.99. The zero-order chi connectivity index (χ0) is 16.8. The van der Waals surface area contributed by atoms with Crippen LogP contribution in [0.25, 0.3) is 0 Å². The number of carbonyl (C=O) groups excluding carboxylic acids is 1. The second-order valence-corrected chi connectivity index (χ2v) is 6.02. The van der Waals surface area contributed by atoms with Crippen molar-refractivity contribution in [3.05, 3.63) is 47.5 Å². The fraction of sp³-hybridized carbons (Fsp3) is 0.444. The lowest BCUT2D eigenvalue weighted by Gasteiger charge is -2.17. The Hall–Kier alpha value is -2.14. The standard InChI is InChI=1S/C18H26N4O/c1-14-6-5-7-17(15(14)2)20-18(23)8-10-21(4)12-13-22-11-9-19-16(22)3/h5-7,9,11H,8,10,12-13H2,1-4H3,(H,20,23). The molecule has 0 aliphatic heterocycles. The molecule has 5 nitrogen and oxygen atoms in total. The molecule has 2 aromatic rings. The van der Waals surface area contributed by atoms with Crippen LogP contribution >= 0.6 is 0 Å². The molecule has 0 spiro atoms. The van der Waals surface area contributed by atoms with E-state index in [-0.39, 0.29) is 5.91 Å². The van der Waals surface area contributed by atoms with Gasteiger partial charge in [-0.1, -0.05) is 12.1 Å². The van der Waals surface area contributed by atoms with Gasteiger partial charge in [0.05, 0.1) is 0 Å². The summed E-state index contributed by atoms with van der Waals surface area (Å²) in [6, 6.07) is 5.97. The van der Waals surface area contributed by atoms with Gasteiger partial charge in [-0.2, -0.15) is 0 Å². The van der Waals surface area contributed by atoms with Crippen molar-refractivity contribution in [1.82, 2.24) is 14.5 Å². The summed E-state index contributed by atoms with van der Waals surface area (Å²) in [5.41, 5.74) is 3.23. The van der Waals surface area contributed by atoms with Crippen LogP contribution < -0.4 is 5.32 Å². The maximum absolute atomic E-state index is 12.1. The average Bonchev–Trinajstić information content (AvgIpc) is 2.93. The van der Waals surface area contributed by atoms with E-state index in [2.05, 4.69) is 32.8 Å². The predicted molar refractivity (Wildman–Crippen MR) is 93.6 cm³/mol. The van der Waals surface area contributed by atoms with E-state index in [9.17, 15) is 4.79 Å². The summed E-state index contributed by atoms with van der Waals surface area (Å²) in [5, 5.41) is 3.00. The van der Waals surface area contributed by atoms with Crippen LogP contribution in [-0.2, 0) is 11.3 Å². The van der Waals surface area contributed by atoms with Gasteiger partial charge in [0.25, 0.3) is 0 Å². The molecule has 0 aliphatic carbocycles. The minimum atomic E-state index is 0.0596. The van der Waals surface area contributed by atoms with E-state index >= 15 is 0 Å². The summed E-state index contributed by atoms with van der Waals surface area (Å²) < 4.78 is 2.12. The van der Waals surface area contributed by atoms with Crippen LogP contribution in [0.15, 0.2) is 30.6 Å². The highest BCUT2D eigenvalue weighted by Gasteiger charge is 2.08. The highest BCUT2D eigenvalue weighted by Crippen LogP contribution is 2.18. The van der Waals surface area contributed by atoms with E-state index < -0.39 is 0 Å². The number of amides is 1. The molecule has 124 valence electrons. The van der Waals surface area contributed by atoms with Gasteiger partial charge in [0, 0.05) is 44.1 Å². The number of nitrogens with one attached hydrogen (secondary N) is 1. The van der Waals surface area contributed by atoms with Gasteiger partial charge in [-0.15, -0.1) is 0 Å². The van der Waals surface area contributed by atoms with E-state index in [1.54, 1.807) is 0 Å². The number of imidazole rings is 1. The Morgan fingerprint density at radius 2 is 2.04 bits per heavy atom. The molecule has 0 saturated heterocycles. The summed E-state index contributed by atoms with van der Waals surface area (Å²) in [6.45, 7) is 8.61. The molecule has 2 rings (SSSR count). The number of benzene rings is 1. The lowest BCUT2D eigenvalue weighted by molar-refractivity contribution is -0.116. The topological polar surface area (TPSA) is 50.2 Å². The number of aromatic nitrogens is 2. The number of nitrogens with zero attached hydrogens (tertiary/aromatic N) is 3. The predicted octanol–water partition coefficient (Wildman–Crippen LogP) is 2.77. The molecule has 1 aromatic heterocycles. The van der Waals surface area contributed by atoms with Crippen LogP contribution in [0.4, 0.5) is 5.69 Å². The quantitative estimate of drug-likeness (QED) is 0.855. The second-order valence-electron chi connectivity index (χ2n) is 6.02.